The van der Waals surface area contributed by atoms with E-state index < -0.39 is 0 Å². The van der Waals surface area contributed by atoms with Crippen molar-refractivity contribution in [2.75, 3.05) is 13.2 Å². The van der Waals surface area contributed by atoms with E-state index in [1.54, 1.807) is 0 Å². The van der Waals surface area contributed by atoms with Crippen molar-refractivity contribution < 1.29 is 4.74 Å². The lowest BCUT2D eigenvalue weighted by atomic mass is 10.1. The van der Waals surface area contributed by atoms with Gasteiger partial charge in [-0.25, -0.2) is 0 Å². The second-order valence-electron chi connectivity index (χ2n) is 1.81. The third-order valence-corrected chi connectivity index (χ3v) is 1.11. The van der Waals surface area contributed by atoms with Crippen LogP contribution in [0.5, 0.6) is 0 Å². The third kappa shape index (κ3) is 0.942. The first kappa shape index (κ1) is 4.67. The van der Waals surface area contributed by atoms with Crippen LogP contribution in [-0.2, 0) is 4.74 Å². The zero-order valence-corrected chi connectivity index (χ0v) is 4.18. The Kier molecular flexibility index (Phi) is 1.33. The van der Waals surface area contributed by atoms with Crippen LogP contribution in [0.1, 0.15) is 6.42 Å². The molecule has 38 valence electrons. The first-order chi connectivity index (χ1) is 3.43. The smallest absolute Gasteiger partial charge is 0.0525 e. The van der Waals surface area contributed by atoms with Gasteiger partial charge < -0.3 is 4.74 Å². The number of rotatable bonds is 1. The van der Waals surface area contributed by atoms with Crippen LogP contribution < -0.4 is 0 Å². The minimum absolute atomic E-state index is 0.671. The Morgan fingerprint density at radius 2 is 2.43 bits per heavy atom. The van der Waals surface area contributed by atoms with Gasteiger partial charge in [-0.1, -0.05) is 0 Å². The summed E-state index contributed by atoms with van der Waals surface area (Å²) >= 11 is 0. The molecular weight excluding hydrogens is 88.1 g/mol. The van der Waals surface area contributed by atoms with Crippen LogP contribution in [0.25, 0.3) is 0 Å². The molecule has 0 unspecified atom stereocenters. The van der Waals surface area contributed by atoms with Crippen LogP contribution >= 0.6 is 0 Å². The highest BCUT2D eigenvalue weighted by molar-refractivity contribution is 4.88. The molecule has 1 rings (SSSR count). The maximum Gasteiger partial charge on any atom is 0.0525 e. The van der Waals surface area contributed by atoms with Crippen LogP contribution in [0, 0.1) is 18.3 Å². The topological polar surface area (TPSA) is 9.23 Å². The van der Waals surface area contributed by atoms with Crippen molar-refractivity contribution in [1.29, 1.82) is 0 Å². The van der Waals surface area contributed by atoms with E-state index in [0.717, 1.165) is 19.6 Å². The monoisotopic (exact) mass is 96.1 g/mol. The molecule has 1 heteroatoms. The van der Waals surface area contributed by atoms with Crippen molar-refractivity contribution in [2.45, 2.75) is 6.42 Å². The van der Waals surface area contributed by atoms with E-state index in [1.807, 2.05) is 0 Å². The Morgan fingerprint density at radius 3 is 2.57 bits per heavy atom. The lowest BCUT2D eigenvalue weighted by Crippen LogP contribution is -2.26. The predicted octanol–water partition coefficient (Wildman–Crippen LogP) is 0.656. The fourth-order valence-electron chi connectivity index (χ4n) is 0.569. The quantitative estimate of drug-likeness (QED) is 0.436. The van der Waals surface area contributed by atoms with Gasteiger partial charge in [0.15, 0.2) is 0 Å². The molecule has 0 N–H and O–H groups in total. The van der Waals surface area contributed by atoms with E-state index in [0.29, 0.717) is 5.92 Å². The Bertz CT molecular complexity index is 86.8. The fraction of sp³-hybridized carbons (Fsp3) is 0.667. The average molecular weight is 96.1 g/mol. The summed E-state index contributed by atoms with van der Waals surface area (Å²) in [6.45, 7) is 1.76. The minimum atomic E-state index is 0.671. The Morgan fingerprint density at radius 1 is 1.71 bits per heavy atom. The first-order valence-electron chi connectivity index (χ1n) is 2.44. The summed E-state index contributed by atoms with van der Waals surface area (Å²) in [4.78, 5) is 0. The summed E-state index contributed by atoms with van der Waals surface area (Å²) in [5, 5.41) is 0. The molecular formula is C6H8O. The number of terminal acetylenes is 1. The van der Waals surface area contributed by atoms with Crippen molar-refractivity contribution in [3.63, 3.8) is 0 Å². The fourth-order valence-corrected chi connectivity index (χ4v) is 0.569. The molecule has 0 aromatic carbocycles. The van der Waals surface area contributed by atoms with Gasteiger partial charge in [0, 0.05) is 12.3 Å². The van der Waals surface area contributed by atoms with E-state index in [9.17, 15) is 0 Å². The van der Waals surface area contributed by atoms with Gasteiger partial charge in [0.25, 0.3) is 0 Å². The average Bonchev–Trinajstić information content (AvgIpc) is 1.55. The maximum atomic E-state index is 5.03. The molecule has 0 saturated carbocycles. The molecule has 0 bridgehead atoms. The molecule has 7 heavy (non-hydrogen) atoms. The van der Waals surface area contributed by atoms with Gasteiger partial charge in [0.2, 0.25) is 0 Å². The van der Waals surface area contributed by atoms with Crippen molar-refractivity contribution in [1.82, 2.24) is 0 Å². The molecule has 0 aromatic rings. The summed E-state index contributed by atoms with van der Waals surface area (Å²) in [7, 11) is 0. The Balaban J connectivity index is 2.06. The van der Waals surface area contributed by atoms with Crippen LogP contribution in [0.15, 0.2) is 0 Å². The first-order valence-corrected chi connectivity index (χ1v) is 2.44. The summed E-state index contributed by atoms with van der Waals surface area (Å²) in [5.74, 6) is 3.26. The molecule has 1 aliphatic heterocycles. The molecule has 0 spiro atoms. The van der Waals surface area contributed by atoms with E-state index in [-0.39, 0.29) is 0 Å². The zero-order valence-electron chi connectivity index (χ0n) is 4.18. The second kappa shape index (κ2) is 1.99. The SMILES string of the molecule is C#CCC1COC1. The highest BCUT2D eigenvalue weighted by atomic mass is 16.5. The third-order valence-electron chi connectivity index (χ3n) is 1.11. The summed E-state index contributed by atoms with van der Waals surface area (Å²) < 4.78 is 4.89. The van der Waals surface area contributed by atoms with Crippen LogP contribution in [0.3, 0.4) is 0 Å². The van der Waals surface area contributed by atoms with Gasteiger partial charge in [0.1, 0.15) is 0 Å². The van der Waals surface area contributed by atoms with E-state index in [1.165, 1.54) is 0 Å². The molecule has 0 aliphatic carbocycles. The van der Waals surface area contributed by atoms with Gasteiger partial charge in [-0.15, -0.1) is 12.3 Å². The van der Waals surface area contributed by atoms with Crippen molar-refractivity contribution >= 4 is 0 Å². The van der Waals surface area contributed by atoms with Gasteiger partial charge in [-0.3, -0.25) is 0 Å². The lowest BCUT2D eigenvalue weighted by Gasteiger charge is -2.23. The van der Waals surface area contributed by atoms with Gasteiger partial charge >= 0.3 is 0 Å². The van der Waals surface area contributed by atoms with Crippen LogP contribution in [-0.4, -0.2) is 13.2 Å². The van der Waals surface area contributed by atoms with E-state index in [2.05, 4.69) is 5.92 Å². The minimum Gasteiger partial charge on any atom is -0.381 e. The molecule has 0 amide bonds. The predicted molar refractivity (Wildman–Crippen MR) is 27.8 cm³/mol. The van der Waals surface area contributed by atoms with Crippen molar-refractivity contribution in [2.24, 2.45) is 5.92 Å². The molecule has 0 atom stereocenters. The molecule has 1 saturated heterocycles. The molecule has 0 radical (unpaired) electrons. The largest absolute Gasteiger partial charge is 0.381 e. The van der Waals surface area contributed by atoms with Gasteiger partial charge in [-0.2, -0.15) is 0 Å². The maximum absolute atomic E-state index is 5.03. The highest BCUT2D eigenvalue weighted by Gasteiger charge is 2.15. The normalized spacial score (nSPS) is 20.4. The lowest BCUT2D eigenvalue weighted by molar-refractivity contribution is -0.0289. The summed E-state index contributed by atoms with van der Waals surface area (Å²) in [6.07, 6.45) is 5.92. The van der Waals surface area contributed by atoms with Crippen LogP contribution in [0.4, 0.5) is 0 Å². The standard InChI is InChI=1S/C6H8O/c1-2-3-6-4-7-5-6/h1,6H,3-5H2. The summed E-state index contributed by atoms with van der Waals surface area (Å²) in [6, 6.07) is 0. The van der Waals surface area contributed by atoms with Crippen molar-refractivity contribution in [3.05, 3.63) is 0 Å². The van der Waals surface area contributed by atoms with E-state index >= 15 is 0 Å². The zero-order chi connectivity index (χ0) is 5.11. The molecule has 1 aliphatic rings. The Labute approximate surface area is 43.7 Å². The number of hydrogen-bond acceptors (Lipinski definition) is 1. The Hall–Kier alpha value is -0.480. The summed E-state index contributed by atoms with van der Waals surface area (Å²) in [5.41, 5.74) is 0. The number of hydrogen-bond donors (Lipinski definition) is 0. The van der Waals surface area contributed by atoms with Gasteiger partial charge in [-0.05, 0) is 0 Å². The molecule has 1 fully saturated rings. The molecule has 1 heterocycles. The second-order valence-corrected chi connectivity index (χ2v) is 1.81. The number of ether oxygens (including phenoxy) is 1. The van der Waals surface area contributed by atoms with Crippen LogP contribution in [0.2, 0.25) is 0 Å². The highest BCUT2D eigenvalue weighted by Crippen LogP contribution is 2.12. The van der Waals surface area contributed by atoms with E-state index in [4.69, 9.17) is 11.2 Å². The van der Waals surface area contributed by atoms with Gasteiger partial charge in [0.05, 0.1) is 13.2 Å². The molecule has 0 aromatic heterocycles. The molecule has 1 nitrogen and oxygen atoms in total. The van der Waals surface area contributed by atoms with Crippen molar-refractivity contribution in [3.8, 4) is 12.3 Å².